The fraction of sp³-hybridized carbons (Fsp3) is 0.278. The zero-order valence-corrected chi connectivity index (χ0v) is 13.7. The third kappa shape index (κ3) is 4.10. The van der Waals surface area contributed by atoms with E-state index >= 15 is 0 Å². The molecule has 24 heavy (non-hydrogen) atoms. The summed E-state index contributed by atoms with van der Waals surface area (Å²) in [5.74, 6) is 0.930. The molecule has 6 heteroatoms. The van der Waals surface area contributed by atoms with Gasteiger partial charge in [-0.1, -0.05) is 30.3 Å². The standard InChI is InChI=1S/C18H21N5O/c1-15-19-10-13-22(15)12-8-17(16-6-3-2-4-7-16)21-18(24)14-23-11-5-9-20-23/h2-7,9-11,13,17H,8,12,14H2,1H3,(H,21,24). The molecule has 0 saturated carbocycles. The minimum atomic E-state index is -0.0464. The second-order valence-corrected chi connectivity index (χ2v) is 5.69. The first-order chi connectivity index (χ1) is 11.7. The summed E-state index contributed by atoms with van der Waals surface area (Å²) in [6.07, 6.45) is 8.01. The Bertz CT molecular complexity index is 764. The van der Waals surface area contributed by atoms with Crippen LogP contribution >= 0.6 is 0 Å². The predicted molar refractivity (Wildman–Crippen MR) is 91.1 cm³/mol. The molecule has 6 nitrogen and oxygen atoms in total. The van der Waals surface area contributed by atoms with E-state index in [1.165, 1.54) is 0 Å². The third-order valence-electron chi connectivity index (χ3n) is 3.98. The Kier molecular flexibility index (Phi) is 5.05. The van der Waals surface area contributed by atoms with Crippen LogP contribution in [0.25, 0.3) is 0 Å². The quantitative estimate of drug-likeness (QED) is 0.726. The molecule has 2 aromatic heterocycles. The second-order valence-electron chi connectivity index (χ2n) is 5.69. The van der Waals surface area contributed by atoms with Crippen LogP contribution in [0.2, 0.25) is 0 Å². The maximum Gasteiger partial charge on any atom is 0.242 e. The summed E-state index contributed by atoms with van der Waals surface area (Å²) in [6, 6.07) is 11.8. The number of imidazole rings is 1. The number of nitrogens with zero attached hydrogens (tertiary/aromatic N) is 4. The molecule has 1 atom stereocenters. The molecule has 0 aliphatic carbocycles. The predicted octanol–water partition coefficient (Wildman–Crippen LogP) is 2.34. The molecule has 0 radical (unpaired) electrons. The lowest BCUT2D eigenvalue weighted by molar-refractivity contribution is -0.122. The maximum absolute atomic E-state index is 12.3. The first kappa shape index (κ1) is 16.0. The molecule has 0 saturated heterocycles. The van der Waals surface area contributed by atoms with Crippen LogP contribution in [0.1, 0.15) is 23.9 Å². The van der Waals surface area contributed by atoms with E-state index in [0.717, 1.165) is 24.4 Å². The molecule has 124 valence electrons. The number of carbonyl (C=O) groups excluding carboxylic acids is 1. The van der Waals surface area contributed by atoms with E-state index in [1.54, 1.807) is 23.3 Å². The van der Waals surface area contributed by atoms with E-state index in [-0.39, 0.29) is 18.5 Å². The number of benzene rings is 1. The monoisotopic (exact) mass is 323 g/mol. The lowest BCUT2D eigenvalue weighted by atomic mass is 10.0. The molecular formula is C18H21N5O. The molecule has 1 aromatic carbocycles. The average Bonchev–Trinajstić information content (AvgIpc) is 3.24. The van der Waals surface area contributed by atoms with Gasteiger partial charge in [0, 0.05) is 31.3 Å². The van der Waals surface area contributed by atoms with Crippen LogP contribution in [0.3, 0.4) is 0 Å². The molecule has 3 aromatic rings. The molecule has 1 N–H and O–H groups in total. The normalized spacial score (nSPS) is 12.0. The Labute approximate surface area is 141 Å². The summed E-state index contributed by atoms with van der Waals surface area (Å²) in [5, 5.41) is 7.20. The highest BCUT2D eigenvalue weighted by atomic mass is 16.2. The summed E-state index contributed by atoms with van der Waals surface area (Å²) < 4.78 is 3.72. The van der Waals surface area contributed by atoms with Gasteiger partial charge in [-0.15, -0.1) is 0 Å². The van der Waals surface area contributed by atoms with Gasteiger partial charge in [0.1, 0.15) is 12.4 Å². The van der Waals surface area contributed by atoms with Crippen molar-refractivity contribution in [1.82, 2.24) is 24.6 Å². The van der Waals surface area contributed by atoms with Crippen molar-refractivity contribution in [2.75, 3.05) is 0 Å². The largest absolute Gasteiger partial charge is 0.348 e. The first-order valence-electron chi connectivity index (χ1n) is 8.02. The molecule has 3 rings (SSSR count). The summed E-state index contributed by atoms with van der Waals surface area (Å²) in [4.78, 5) is 16.6. The van der Waals surface area contributed by atoms with Gasteiger partial charge in [-0.2, -0.15) is 5.10 Å². The molecule has 2 heterocycles. The number of aromatic nitrogens is 4. The Hall–Kier alpha value is -2.89. The van der Waals surface area contributed by atoms with E-state index in [4.69, 9.17) is 0 Å². The van der Waals surface area contributed by atoms with Crippen molar-refractivity contribution < 1.29 is 4.79 Å². The topological polar surface area (TPSA) is 64.7 Å². The molecule has 0 aliphatic heterocycles. The molecule has 1 amide bonds. The number of rotatable bonds is 7. The summed E-state index contributed by atoms with van der Waals surface area (Å²) in [7, 11) is 0. The Morgan fingerprint density at radius 1 is 1.17 bits per heavy atom. The van der Waals surface area contributed by atoms with Crippen molar-refractivity contribution in [2.24, 2.45) is 0 Å². The Morgan fingerprint density at radius 2 is 2.00 bits per heavy atom. The number of carbonyl (C=O) groups is 1. The van der Waals surface area contributed by atoms with Crippen LogP contribution < -0.4 is 5.32 Å². The Balaban J connectivity index is 1.67. The van der Waals surface area contributed by atoms with Crippen LogP contribution in [0.4, 0.5) is 0 Å². The highest BCUT2D eigenvalue weighted by Crippen LogP contribution is 2.18. The minimum absolute atomic E-state index is 0.0453. The van der Waals surface area contributed by atoms with E-state index in [0.29, 0.717) is 0 Å². The summed E-state index contributed by atoms with van der Waals surface area (Å²) in [5.41, 5.74) is 1.10. The van der Waals surface area contributed by atoms with Crippen LogP contribution in [-0.2, 0) is 17.9 Å². The van der Waals surface area contributed by atoms with Gasteiger partial charge in [-0.05, 0) is 25.0 Å². The van der Waals surface area contributed by atoms with E-state index in [2.05, 4.69) is 20.0 Å². The van der Waals surface area contributed by atoms with Gasteiger partial charge < -0.3 is 9.88 Å². The zero-order chi connectivity index (χ0) is 16.8. The summed E-state index contributed by atoms with van der Waals surface area (Å²) >= 11 is 0. The van der Waals surface area contributed by atoms with E-state index in [9.17, 15) is 4.79 Å². The van der Waals surface area contributed by atoms with Crippen LogP contribution in [0.5, 0.6) is 0 Å². The van der Waals surface area contributed by atoms with Crippen molar-refractivity contribution in [3.05, 3.63) is 72.6 Å². The lowest BCUT2D eigenvalue weighted by Crippen LogP contribution is -2.32. The van der Waals surface area contributed by atoms with Crippen LogP contribution in [-0.4, -0.2) is 25.2 Å². The van der Waals surface area contributed by atoms with E-state index in [1.807, 2.05) is 49.5 Å². The maximum atomic E-state index is 12.3. The molecule has 0 fully saturated rings. The lowest BCUT2D eigenvalue weighted by Gasteiger charge is -2.20. The van der Waals surface area contributed by atoms with Crippen molar-refractivity contribution in [2.45, 2.75) is 32.5 Å². The summed E-state index contributed by atoms with van der Waals surface area (Å²) in [6.45, 7) is 3.00. The molecule has 0 aliphatic rings. The zero-order valence-electron chi connectivity index (χ0n) is 13.7. The number of amides is 1. The number of hydrogen-bond acceptors (Lipinski definition) is 3. The van der Waals surface area contributed by atoms with Gasteiger partial charge in [-0.25, -0.2) is 4.98 Å². The first-order valence-corrected chi connectivity index (χ1v) is 8.02. The smallest absolute Gasteiger partial charge is 0.242 e. The minimum Gasteiger partial charge on any atom is -0.348 e. The molecule has 0 spiro atoms. The van der Waals surface area contributed by atoms with Gasteiger partial charge in [0.2, 0.25) is 5.91 Å². The SMILES string of the molecule is Cc1nccn1CCC(NC(=O)Cn1cccn1)c1ccccc1. The van der Waals surface area contributed by atoms with Crippen LogP contribution in [0, 0.1) is 6.92 Å². The number of nitrogens with one attached hydrogen (secondary N) is 1. The fourth-order valence-corrected chi connectivity index (χ4v) is 2.70. The Morgan fingerprint density at radius 3 is 2.67 bits per heavy atom. The molecule has 1 unspecified atom stereocenters. The van der Waals surface area contributed by atoms with Crippen molar-refractivity contribution in [3.63, 3.8) is 0 Å². The highest BCUT2D eigenvalue weighted by Gasteiger charge is 2.15. The van der Waals surface area contributed by atoms with Gasteiger partial charge in [0.05, 0.1) is 6.04 Å². The second kappa shape index (κ2) is 7.59. The van der Waals surface area contributed by atoms with Gasteiger partial charge in [0.15, 0.2) is 0 Å². The molecule has 0 bridgehead atoms. The van der Waals surface area contributed by atoms with Crippen molar-refractivity contribution in [3.8, 4) is 0 Å². The van der Waals surface area contributed by atoms with Crippen molar-refractivity contribution >= 4 is 5.91 Å². The third-order valence-corrected chi connectivity index (χ3v) is 3.98. The molecular weight excluding hydrogens is 302 g/mol. The van der Waals surface area contributed by atoms with Crippen molar-refractivity contribution in [1.29, 1.82) is 0 Å². The van der Waals surface area contributed by atoms with Gasteiger partial charge in [0.25, 0.3) is 0 Å². The number of hydrogen-bond donors (Lipinski definition) is 1. The highest BCUT2D eigenvalue weighted by molar-refractivity contribution is 5.76. The van der Waals surface area contributed by atoms with E-state index < -0.39 is 0 Å². The van der Waals surface area contributed by atoms with Gasteiger partial charge >= 0.3 is 0 Å². The number of aryl methyl sites for hydroxylation is 2. The van der Waals surface area contributed by atoms with Crippen LogP contribution in [0.15, 0.2) is 61.2 Å². The average molecular weight is 323 g/mol. The fourth-order valence-electron chi connectivity index (χ4n) is 2.70. The van der Waals surface area contributed by atoms with Gasteiger partial charge in [-0.3, -0.25) is 9.48 Å².